The fourth-order valence-corrected chi connectivity index (χ4v) is 2.11. The van der Waals surface area contributed by atoms with Crippen LogP contribution in [0.25, 0.3) is 0 Å². The van der Waals surface area contributed by atoms with Gasteiger partial charge in [0.05, 0.1) is 30.0 Å². The van der Waals surface area contributed by atoms with Gasteiger partial charge in [-0.05, 0) is 30.3 Å². The molecule has 0 fully saturated rings. The molecule has 1 aromatic carbocycles. The van der Waals surface area contributed by atoms with Crippen molar-refractivity contribution < 1.29 is 9.90 Å². The molecule has 3 rings (SSSR count). The Morgan fingerprint density at radius 1 is 1.12 bits per heavy atom. The van der Waals surface area contributed by atoms with Gasteiger partial charge in [0.15, 0.2) is 0 Å². The van der Waals surface area contributed by atoms with Gasteiger partial charge >= 0.3 is 0 Å². The lowest BCUT2D eigenvalue weighted by molar-refractivity contribution is 0.100. The van der Waals surface area contributed by atoms with Crippen LogP contribution in [-0.4, -0.2) is 26.0 Å². The summed E-state index contributed by atoms with van der Waals surface area (Å²) in [5.74, 6) is -0.163. The molecule has 0 radical (unpaired) electrons. The zero-order valence-corrected chi connectivity index (χ0v) is 13.1. The van der Waals surface area contributed by atoms with Crippen LogP contribution in [0.2, 0.25) is 0 Å². The van der Waals surface area contributed by atoms with Crippen molar-refractivity contribution >= 4 is 35.0 Å². The second kappa shape index (κ2) is 6.93. The van der Waals surface area contributed by atoms with E-state index in [1.54, 1.807) is 30.6 Å². The normalized spacial score (nSPS) is 10.2. The van der Waals surface area contributed by atoms with Crippen LogP contribution in [0.1, 0.15) is 10.4 Å². The Morgan fingerprint density at radius 3 is 2.58 bits per heavy atom. The van der Waals surface area contributed by atoms with Gasteiger partial charge in [-0.25, -0.2) is 14.4 Å². The summed E-state index contributed by atoms with van der Waals surface area (Å²) in [6.45, 7) is 0. The molecule has 0 aliphatic heterocycles. The SMILES string of the molecule is O=C(c1cccc(O)c1)N(Cl)c1cnc(Nc2cccnc2)nc1. The minimum atomic E-state index is -0.496. The van der Waals surface area contributed by atoms with Crippen LogP contribution in [-0.2, 0) is 0 Å². The van der Waals surface area contributed by atoms with E-state index in [1.165, 1.54) is 24.5 Å². The molecule has 24 heavy (non-hydrogen) atoms. The number of nitrogens with zero attached hydrogens (tertiary/aromatic N) is 4. The van der Waals surface area contributed by atoms with Gasteiger partial charge in [-0.3, -0.25) is 9.78 Å². The van der Waals surface area contributed by atoms with Crippen LogP contribution in [0, 0.1) is 0 Å². The molecule has 0 saturated carbocycles. The van der Waals surface area contributed by atoms with E-state index in [4.69, 9.17) is 11.8 Å². The number of hydrogen-bond acceptors (Lipinski definition) is 6. The number of aromatic hydroxyl groups is 1. The second-order valence-corrected chi connectivity index (χ2v) is 5.11. The van der Waals surface area contributed by atoms with Crippen LogP contribution < -0.4 is 9.74 Å². The fourth-order valence-electron chi connectivity index (χ4n) is 1.92. The first-order valence-electron chi connectivity index (χ1n) is 6.92. The van der Waals surface area contributed by atoms with Crippen molar-refractivity contribution in [2.24, 2.45) is 0 Å². The number of rotatable bonds is 4. The van der Waals surface area contributed by atoms with Crippen molar-refractivity contribution in [1.29, 1.82) is 0 Å². The van der Waals surface area contributed by atoms with Gasteiger partial charge in [-0.15, -0.1) is 0 Å². The second-order valence-electron chi connectivity index (χ2n) is 4.77. The topological polar surface area (TPSA) is 91.2 Å². The number of benzene rings is 1. The highest BCUT2D eigenvalue weighted by atomic mass is 35.5. The summed E-state index contributed by atoms with van der Waals surface area (Å²) < 4.78 is 0.891. The highest BCUT2D eigenvalue weighted by molar-refractivity contribution is 6.39. The van der Waals surface area contributed by atoms with Crippen molar-refractivity contribution in [2.75, 3.05) is 9.74 Å². The summed E-state index contributed by atoms with van der Waals surface area (Å²) >= 11 is 6.05. The average molecular weight is 342 g/mol. The number of amides is 1. The molecule has 2 N–H and O–H groups in total. The van der Waals surface area contributed by atoms with Gasteiger partial charge in [-0.2, -0.15) is 0 Å². The molecule has 7 nitrogen and oxygen atoms in total. The molecular formula is C16H12ClN5O2. The van der Waals surface area contributed by atoms with E-state index >= 15 is 0 Å². The molecule has 0 spiro atoms. The van der Waals surface area contributed by atoms with Crippen LogP contribution >= 0.6 is 11.8 Å². The van der Waals surface area contributed by atoms with E-state index in [0.717, 1.165) is 10.1 Å². The van der Waals surface area contributed by atoms with E-state index < -0.39 is 5.91 Å². The lowest BCUT2D eigenvalue weighted by Gasteiger charge is -2.13. The maximum atomic E-state index is 12.3. The molecule has 2 aromatic heterocycles. The van der Waals surface area contributed by atoms with E-state index in [9.17, 15) is 9.90 Å². The summed E-state index contributed by atoms with van der Waals surface area (Å²) in [4.78, 5) is 24.5. The molecule has 120 valence electrons. The number of halogens is 1. The van der Waals surface area contributed by atoms with Crippen molar-refractivity contribution in [1.82, 2.24) is 15.0 Å². The third-order valence-corrected chi connectivity index (χ3v) is 3.40. The highest BCUT2D eigenvalue weighted by Gasteiger charge is 2.17. The number of nitrogens with one attached hydrogen (secondary N) is 1. The van der Waals surface area contributed by atoms with Crippen LogP contribution in [0.3, 0.4) is 0 Å². The summed E-state index contributed by atoms with van der Waals surface area (Å²) in [6.07, 6.45) is 6.13. The molecule has 8 heteroatoms. The molecule has 0 saturated heterocycles. The Morgan fingerprint density at radius 2 is 1.92 bits per heavy atom. The number of phenolic OH excluding ortho intramolecular Hbond substituents is 1. The van der Waals surface area contributed by atoms with E-state index in [2.05, 4.69) is 20.3 Å². The fraction of sp³-hybridized carbons (Fsp3) is 0. The predicted molar refractivity (Wildman–Crippen MR) is 90.3 cm³/mol. The van der Waals surface area contributed by atoms with Gasteiger partial charge in [0.1, 0.15) is 5.75 Å². The molecule has 1 amide bonds. The van der Waals surface area contributed by atoms with Crippen molar-refractivity contribution in [2.45, 2.75) is 0 Å². The van der Waals surface area contributed by atoms with Gasteiger partial charge in [0.25, 0.3) is 5.91 Å². The van der Waals surface area contributed by atoms with E-state index in [-0.39, 0.29) is 11.3 Å². The van der Waals surface area contributed by atoms with E-state index in [1.807, 2.05) is 6.07 Å². The van der Waals surface area contributed by atoms with Crippen LogP contribution in [0.15, 0.2) is 61.2 Å². The van der Waals surface area contributed by atoms with Crippen LogP contribution in [0.5, 0.6) is 5.75 Å². The van der Waals surface area contributed by atoms with Gasteiger partial charge in [0, 0.05) is 23.5 Å². The Kier molecular flexibility index (Phi) is 4.53. The Hall–Kier alpha value is -3.19. The van der Waals surface area contributed by atoms with Gasteiger partial charge in [-0.1, -0.05) is 6.07 Å². The molecule has 0 atom stereocenters. The largest absolute Gasteiger partial charge is 0.508 e. The summed E-state index contributed by atoms with van der Waals surface area (Å²) in [5.41, 5.74) is 1.30. The first-order chi connectivity index (χ1) is 11.6. The maximum absolute atomic E-state index is 12.3. The molecule has 3 aromatic rings. The summed E-state index contributed by atoms with van der Waals surface area (Å²) in [7, 11) is 0. The first kappa shape index (κ1) is 15.7. The molecule has 0 aliphatic carbocycles. The van der Waals surface area contributed by atoms with Crippen LogP contribution in [0.4, 0.5) is 17.3 Å². The zero-order chi connectivity index (χ0) is 16.9. The highest BCUT2D eigenvalue weighted by Crippen LogP contribution is 2.21. The third-order valence-electron chi connectivity index (χ3n) is 3.05. The zero-order valence-electron chi connectivity index (χ0n) is 12.3. The lowest BCUT2D eigenvalue weighted by atomic mass is 10.2. The average Bonchev–Trinajstić information content (AvgIpc) is 2.62. The monoisotopic (exact) mass is 341 g/mol. The number of carbonyl (C=O) groups is 1. The van der Waals surface area contributed by atoms with Gasteiger partial charge in [0.2, 0.25) is 5.95 Å². The minimum Gasteiger partial charge on any atom is -0.508 e. The Bertz CT molecular complexity index is 843. The Labute approximate surface area is 142 Å². The predicted octanol–water partition coefficient (Wildman–Crippen LogP) is 3.12. The first-order valence-corrected chi connectivity index (χ1v) is 7.25. The third kappa shape index (κ3) is 3.58. The van der Waals surface area contributed by atoms with Gasteiger partial charge < -0.3 is 10.4 Å². The summed E-state index contributed by atoms with van der Waals surface area (Å²) in [5, 5.41) is 12.4. The number of aromatic nitrogens is 3. The molecule has 0 aliphatic rings. The molecular weight excluding hydrogens is 330 g/mol. The minimum absolute atomic E-state index is 0.0156. The standard InChI is InChI=1S/C16H12ClN5O2/c17-22(15(24)11-3-1-5-14(23)7-11)13-9-19-16(20-10-13)21-12-4-2-6-18-8-12/h1-10,23H,(H,19,20,21). The van der Waals surface area contributed by atoms with Crippen molar-refractivity contribution in [3.05, 3.63) is 66.7 Å². The Balaban J connectivity index is 1.74. The molecule has 2 heterocycles. The van der Waals surface area contributed by atoms with Crippen molar-refractivity contribution in [3.63, 3.8) is 0 Å². The number of pyridine rings is 1. The number of anilines is 3. The summed E-state index contributed by atoms with van der Waals surface area (Å²) in [6, 6.07) is 9.52. The molecule has 0 bridgehead atoms. The lowest BCUT2D eigenvalue weighted by Crippen LogP contribution is -2.21. The molecule has 0 unspecified atom stereocenters. The smallest absolute Gasteiger partial charge is 0.273 e. The van der Waals surface area contributed by atoms with Crippen molar-refractivity contribution in [3.8, 4) is 5.75 Å². The van der Waals surface area contributed by atoms with E-state index in [0.29, 0.717) is 11.6 Å². The number of phenols is 1. The number of hydrogen-bond donors (Lipinski definition) is 2. The number of carbonyl (C=O) groups excluding carboxylic acids is 1. The quantitative estimate of drug-likeness (QED) is 0.708. The maximum Gasteiger partial charge on any atom is 0.273 e.